The van der Waals surface area contributed by atoms with Gasteiger partial charge in [-0.15, -0.1) is 0 Å². The number of H-pyrrole nitrogens is 1. The third-order valence-corrected chi connectivity index (χ3v) is 6.31. The Balaban J connectivity index is 1.18. The van der Waals surface area contributed by atoms with Crippen molar-refractivity contribution in [3.05, 3.63) is 71.5 Å². The summed E-state index contributed by atoms with van der Waals surface area (Å²) in [4.78, 5) is 34.0. The van der Waals surface area contributed by atoms with Gasteiger partial charge in [-0.05, 0) is 48.6 Å². The van der Waals surface area contributed by atoms with E-state index >= 15 is 0 Å². The van der Waals surface area contributed by atoms with Crippen LogP contribution in [-0.4, -0.2) is 56.4 Å². The van der Waals surface area contributed by atoms with Gasteiger partial charge in [0.05, 0.1) is 5.69 Å². The van der Waals surface area contributed by atoms with Gasteiger partial charge in [-0.3, -0.25) is 19.7 Å². The highest BCUT2D eigenvalue weighted by atomic mass is 16.2. The molecule has 1 aromatic carbocycles. The van der Waals surface area contributed by atoms with Crippen molar-refractivity contribution in [2.75, 3.05) is 19.6 Å². The number of fused-ring (bicyclic) bond motifs is 1. The van der Waals surface area contributed by atoms with Crippen LogP contribution in [0.2, 0.25) is 0 Å². The van der Waals surface area contributed by atoms with E-state index in [0.29, 0.717) is 43.9 Å². The summed E-state index contributed by atoms with van der Waals surface area (Å²) in [5.41, 5.74) is 4.43. The highest BCUT2D eigenvalue weighted by Gasteiger charge is 2.32. The second-order valence-corrected chi connectivity index (χ2v) is 8.23. The van der Waals surface area contributed by atoms with E-state index in [-0.39, 0.29) is 17.7 Å². The molecule has 5 rings (SSSR count). The number of pyridine rings is 1. The van der Waals surface area contributed by atoms with Gasteiger partial charge >= 0.3 is 0 Å². The van der Waals surface area contributed by atoms with Crippen LogP contribution in [0.25, 0.3) is 11.4 Å². The number of rotatable bonds is 3. The summed E-state index contributed by atoms with van der Waals surface area (Å²) in [6.07, 6.45) is 4.01. The number of benzene rings is 1. The first-order valence-corrected chi connectivity index (χ1v) is 10.8. The summed E-state index contributed by atoms with van der Waals surface area (Å²) in [5, 5.41) is 7.07. The lowest BCUT2D eigenvalue weighted by Crippen LogP contribution is -2.45. The van der Waals surface area contributed by atoms with Gasteiger partial charge in [0, 0.05) is 38.3 Å². The van der Waals surface area contributed by atoms with Crippen LogP contribution >= 0.6 is 0 Å². The number of nitrogens with zero attached hydrogens (tertiary/aromatic N) is 4. The first-order chi connectivity index (χ1) is 15.2. The smallest absolute Gasteiger partial charge is 0.271 e. The Morgan fingerprint density at radius 3 is 2.45 bits per heavy atom. The SMILES string of the molecule is O=C(c1cc(-c2ccccn2)n[nH]1)N1CCC(C(=O)N2CCc3ccccc3C2)CC1. The van der Waals surface area contributed by atoms with Crippen molar-refractivity contribution in [3.63, 3.8) is 0 Å². The van der Waals surface area contributed by atoms with Gasteiger partial charge in [-0.2, -0.15) is 5.10 Å². The number of carbonyl (C=O) groups excluding carboxylic acids is 2. The highest BCUT2D eigenvalue weighted by Crippen LogP contribution is 2.25. The van der Waals surface area contributed by atoms with E-state index in [2.05, 4.69) is 33.4 Å². The molecule has 0 saturated carbocycles. The Bertz CT molecular complexity index is 1090. The maximum absolute atomic E-state index is 13.1. The van der Waals surface area contributed by atoms with Gasteiger partial charge in [-0.1, -0.05) is 30.3 Å². The number of hydrogen-bond acceptors (Lipinski definition) is 4. The standard InChI is InChI=1S/C24H25N5O2/c30-23(29-14-8-17-5-1-2-6-19(17)16-29)18-9-12-28(13-10-18)24(31)22-15-21(26-27-22)20-7-3-4-11-25-20/h1-7,11,15,18H,8-10,12-14,16H2,(H,26,27). The normalized spacial score (nSPS) is 16.8. The molecule has 7 heteroatoms. The average molecular weight is 415 g/mol. The molecular formula is C24H25N5O2. The monoisotopic (exact) mass is 415 g/mol. The van der Waals surface area contributed by atoms with Gasteiger partial charge < -0.3 is 9.80 Å². The third kappa shape index (κ3) is 3.95. The molecule has 1 N–H and O–H groups in total. The zero-order valence-corrected chi connectivity index (χ0v) is 17.3. The molecule has 0 bridgehead atoms. The van der Waals surface area contributed by atoms with Crippen molar-refractivity contribution in [2.45, 2.75) is 25.8 Å². The summed E-state index contributed by atoms with van der Waals surface area (Å²) in [6.45, 7) is 2.63. The second kappa shape index (κ2) is 8.34. The molecule has 1 fully saturated rings. The fourth-order valence-electron chi connectivity index (χ4n) is 4.52. The summed E-state index contributed by atoms with van der Waals surface area (Å²) < 4.78 is 0. The number of carbonyl (C=O) groups is 2. The van der Waals surface area contributed by atoms with Crippen LogP contribution in [0.15, 0.2) is 54.7 Å². The summed E-state index contributed by atoms with van der Waals surface area (Å²) in [5.74, 6) is 0.133. The van der Waals surface area contributed by atoms with Crippen molar-refractivity contribution in [3.8, 4) is 11.4 Å². The molecule has 2 aliphatic rings. The molecule has 158 valence electrons. The van der Waals surface area contributed by atoms with Crippen LogP contribution in [0.5, 0.6) is 0 Å². The molecule has 31 heavy (non-hydrogen) atoms. The second-order valence-electron chi connectivity index (χ2n) is 8.23. The maximum Gasteiger partial charge on any atom is 0.271 e. The first-order valence-electron chi connectivity index (χ1n) is 10.8. The molecule has 7 nitrogen and oxygen atoms in total. The fourth-order valence-corrected chi connectivity index (χ4v) is 4.52. The third-order valence-electron chi connectivity index (χ3n) is 6.31. The van der Waals surface area contributed by atoms with E-state index < -0.39 is 0 Å². The van der Waals surface area contributed by atoms with Gasteiger partial charge in [-0.25, -0.2) is 0 Å². The molecular weight excluding hydrogens is 390 g/mol. The Labute approximate surface area is 181 Å². The molecule has 2 aromatic heterocycles. The molecule has 4 heterocycles. The lowest BCUT2D eigenvalue weighted by atomic mass is 9.93. The largest absolute Gasteiger partial charge is 0.338 e. The van der Waals surface area contributed by atoms with E-state index in [1.807, 2.05) is 34.1 Å². The van der Waals surface area contributed by atoms with Gasteiger partial charge in [0.2, 0.25) is 5.91 Å². The number of nitrogens with one attached hydrogen (secondary N) is 1. The van der Waals surface area contributed by atoms with Crippen molar-refractivity contribution in [1.82, 2.24) is 25.0 Å². The molecule has 2 aliphatic heterocycles. The minimum Gasteiger partial charge on any atom is -0.338 e. The molecule has 2 amide bonds. The summed E-state index contributed by atoms with van der Waals surface area (Å²) in [6, 6.07) is 15.7. The molecule has 1 saturated heterocycles. The van der Waals surface area contributed by atoms with Crippen LogP contribution in [0.4, 0.5) is 0 Å². The van der Waals surface area contributed by atoms with E-state index in [0.717, 1.165) is 18.7 Å². The number of piperidine rings is 1. The number of likely N-dealkylation sites (tertiary alicyclic amines) is 1. The van der Waals surface area contributed by atoms with Gasteiger partial charge in [0.25, 0.3) is 5.91 Å². The van der Waals surface area contributed by atoms with E-state index in [9.17, 15) is 9.59 Å². The van der Waals surface area contributed by atoms with Gasteiger partial charge in [0.1, 0.15) is 11.4 Å². The molecule has 3 aromatic rings. The number of aromatic amines is 1. The van der Waals surface area contributed by atoms with Gasteiger partial charge in [0.15, 0.2) is 0 Å². The lowest BCUT2D eigenvalue weighted by molar-refractivity contribution is -0.137. The minimum atomic E-state index is -0.0764. The van der Waals surface area contributed by atoms with Crippen LogP contribution in [0, 0.1) is 5.92 Å². The predicted molar refractivity (Wildman–Crippen MR) is 116 cm³/mol. The average Bonchev–Trinajstić information content (AvgIpc) is 3.34. The molecule has 0 aliphatic carbocycles. The van der Waals surface area contributed by atoms with Crippen molar-refractivity contribution < 1.29 is 9.59 Å². The molecule has 0 spiro atoms. The van der Waals surface area contributed by atoms with E-state index in [1.54, 1.807) is 12.3 Å². The quantitative estimate of drug-likeness (QED) is 0.713. The Morgan fingerprint density at radius 1 is 0.903 bits per heavy atom. The van der Waals surface area contributed by atoms with Crippen LogP contribution in [0.3, 0.4) is 0 Å². The summed E-state index contributed by atoms with van der Waals surface area (Å²) >= 11 is 0. The molecule has 0 unspecified atom stereocenters. The Hall–Kier alpha value is -3.48. The van der Waals surface area contributed by atoms with Crippen molar-refractivity contribution in [2.24, 2.45) is 5.92 Å². The lowest BCUT2D eigenvalue weighted by Gasteiger charge is -2.36. The van der Waals surface area contributed by atoms with E-state index in [1.165, 1.54) is 11.1 Å². The maximum atomic E-state index is 13.1. The van der Waals surface area contributed by atoms with E-state index in [4.69, 9.17) is 0 Å². The fraction of sp³-hybridized carbons (Fsp3) is 0.333. The zero-order valence-electron chi connectivity index (χ0n) is 17.3. The van der Waals surface area contributed by atoms with Crippen LogP contribution in [-0.2, 0) is 17.8 Å². The Morgan fingerprint density at radius 2 is 1.68 bits per heavy atom. The number of amides is 2. The van der Waals surface area contributed by atoms with Crippen LogP contribution in [0.1, 0.15) is 34.5 Å². The molecule has 0 atom stereocenters. The highest BCUT2D eigenvalue weighted by molar-refractivity contribution is 5.93. The molecule has 0 radical (unpaired) electrons. The number of aromatic nitrogens is 3. The summed E-state index contributed by atoms with van der Waals surface area (Å²) in [7, 11) is 0. The van der Waals surface area contributed by atoms with Crippen molar-refractivity contribution in [1.29, 1.82) is 0 Å². The predicted octanol–water partition coefficient (Wildman–Crippen LogP) is 2.91. The topological polar surface area (TPSA) is 82.2 Å². The minimum absolute atomic E-state index is 0.0137. The van der Waals surface area contributed by atoms with Crippen molar-refractivity contribution >= 4 is 11.8 Å². The first kappa shape index (κ1) is 19.5. The Kier molecular flexibility index (Phi) is 5.24. The number of hydrogen-bond donors (Lipinski definition) is 1. The zero-order chi connectivity index (χ0) is 21.2. The van der Waals surface area contributed by atoms with Crippen LogP contribution < -0.4 is 0 Å².